The topological polar surface area (TPSA) is 63.3 Å². The van der Waals surface area contributed by atoms with Gasteiger partial charge in [0.1, 0.15) is 5.75 Å². The van der Waals surface area contributed by atoms with E-state index in [4.69, 9.17) is 28.9 Å². The van der Waals surface area contributed by atoms with Gasteiger partial charge in [0.05, 0.1) is 10.0 Å². The van der Waals surface area contributed by atoms with E-state index < -0.39 is 5.41 Å². The van der Waals surface area contributed by atoms with Crippen LogP contribution in [0, 0.1) is 11.3 Å². The highest BCUT2D eigenvalue weighted by atomic mass is 35.5. The fourth-order valence-corrected chi connectivity index (χ4v) is 3.25. The van der Waals surface area contributed by atoms with E-state index in [2.05, 4.69) is 0 Å². The van der Waals surface area contributed by atoms with Gasteiger partial charge < -0.3 is 10.8 Å². The number of benzene rings is 1. The molecule has 1 amide bonds. The van der Waals surface area contributed by atoms with Gasteiger partial charge in [-0.3, -0.25) is 4.79 Å². The molecule has 0 aliphatic carbocycles. The number of aromatic hydroxyl groups is 1. The highest BCUT2D eigenvalue weighted by Crippen LogP contribution is 2.43. The zero-order valence-electron chi connectivity index (χ0n) is 12.9. The molecule has 0 saturated carbocycles. The van der Waals surface area contributed by atoms with Crippen molar-refractivity contribution in [2.75, 3.05) is 0 Å². The van der Waals surface area contributed by atoms with Crippen LogP contribution in [0.3, 0.4) is 0 Å². The lowest BCUT2D eigenvalue weighted by molar-refractivity contribution is -0.129. The van der Waals surface area contributed by atoms with Gasteiger partial charge in [-0.05, 0) is 30.4 Å². The summed E-state index contributed by atoms with van der Waals surface area (Å²) in [7, 11) is 0. The molecule has 0 heterocycles. The normalized spacial score (nSPS) is 14.8. The summed E-state index contributed by atoms with van der Waals surface area (Å²) >= 11 is 12.2. The van der Waals surface area contributed by atoms with Crippen molar-refractivity contribution in [3.8, 4) is 5.75 Å². The van der Waals surface area contributed by atoms with Crippen LogP contribution >= 0.6 is 23.2 Å². The molecule has 0 fully saturated rings. The van der Waals surface area contributed by atoms with Gasteiger partial charge in [0.15, 0.2) is 0 Å². The zero-order valence-corrected chi connectivity index (χ0v) is 14.4. The molecule has 0 bridgehead atoms. The van der Waals surface area contributed by atoms with Crippen molar-refractivity contribution in [3.63, 3.8) is 0 Å². The van der Waals surface area contributed by atoms with Crippen molar-refractivity contribution in [2.45, 2.75) is 46.5 Å². The monoisotopic (exact) mass is 331 g/mol. The summed E-state index contributed by atoms with van der Waals surface area (Å²) in [5.74, 6) is -0.120. The van der Waals surface area contributed by atoms with Crippen LogP contribution in [0.2, 0.25) is 10.0 Å². The molecule has 0 spiro atoms. The number of phenolic OH excluding ortho intramolecular Hbond substituents is 1. The smallest absolute Gasteiger partial charge is 0.223 e. The van der Waals surface area contributed by atoms with Crippen LogP contribution < -0.4 is 5.73 Å². The predicted molar refractivity (Wildman–Crippen MR) is 87.9 cm³/mol. The Hall–Kier alpha value is -0.930. The van der Waals surface area contributed by atoms with Crippen LogP contribution in [-0.4, -0.2) is 11.0 Å². The van der Waals surface area contributed by atoms with Crippen LogP contribution in [0.5, 0.6) is 5.75 Å². The molecule has 3 N–H and O–H groups in total. The van der Waals surface area contributed by atoms with Crippen LogP contribution in [-0.2, 0) is 4.79 Å². The molecular formula is C16H23Cl2NO2. The molecule has 118 valence electrons. The molecule has 0 unspecified atom stereocenters. The number of halogens is 2. The van der Waals surface area contributed by atoms with Crippen molar-refractivity contribution in [3.05, 3.63) is 27.7 Å². The lowest BCUT2D eigenvalue weighted by Gasteiger charge is -2.33. The van der Waals surface area contributed by atoms with E-state index in [1.807, 2.05) is 27.7 Å². The zero-order chi connectivity index (χ0) is 16.4. The minimum Gasteiger partial charge on any atom is -0.508 e. The molecule has 0 aliphatic rings. The third kappa shape index (κ3) is 3.83. The summed E-state index contributed by atoms with van der Waals surface area (Å²) < 4.78 is 0. The molecule has 0 aliphatic heterocycles. The first-order valence-electron chi connectivity index (χ1n) is 7.09. The Kier molecular flexibility index (Phi) is 5.94. The van der Waals surface area contributed by atoms with Crippen molar-refractivity contribution < 1.29 is 9.90 Å². The van der Waals surface area contributed by atoms with E-state index in [1.165, 1.54) is 0 Å². The molecule has 0 aromatic heterocycles. The van der Waals surface area contributed by atoms with E-state index >= 15 is 0 Å². The number of carbonyl (C=O) groups excluding carboxylic acids is 1. The number of hydrogen-bond acceptors (Lipinski definition) is 2. The Morgan fingerprint density at radius 2 is 1.95 bits per heavy atom. The van der Waals surface area contributed by atoms with E-state index in [0.717, 1.165) is 6.42 Å². The number of hydrogen-bond donors (Lipinski definition) is 2. The van der Waals surface area contributed by atoms with Gasteiger partial charge in [-0.1, -0.05) is 57.3 Å². The first-order chi connectivity index (χ1) is 9.62. The molecule has 0 radical (unpaired) electrons. The number of carbonyl (C=O) groups is 1. The third-order valence-corrected chi connectivity index (χ3v) is 5.21. The van der Waals surface area contributed by atoms with Crippen LogP contribution in [0.25, 0.3) is 0 Å². The lowest BCUT2D eigenvalue weighted by atomic mass is 9.72. The van der Waals surface area contributed by atoms with Crippen LogP contribution in [0.15, 0.2) is 12.1 Å². The van der Waals surface area contributed by atoms with E-state index in [1.54, 1.807) is 12.1 Å². The Bertz CT molecular complexity index is 529. The first kappa shape index (κ1) is 18.1. The summed E-state index contributed by atoms with van der Waals surface area (Å²) in [4.78, 5) is 11.7. The second-order valence-corrected chi connectivity index (χ2v) is 6.91. The van der Waals surface area contributed by atoms with Crippen LogP contribution in [0.1, 0.15) is 52.0 Å². The summed E-state index contributed by atoms with van der Waals surface area (Å²) in [5.41, 5.74) is 5.53. The number of amides is 1. The van der Waals surface area contributed by atoms with Gasteiger partial charge >= 0.3 is 0 Å². The number of primary amides is 1. The maximum absolute atomic E-state index is 11.7. The van der Waals surface area contributed by atoms with Crippen molar-refractivity contribution in [2.24, 2.45) is 17.1 Å². The Morgan fingerprint density at radius 1 is 1.38 bits per heavy atom. The molecule has 1 aromatic carbocycles. The molecule has 1 aromatic rings. The van der Waals surface area contributed by atoms with E-state index in [-0.39, 0.29) is 23.5 Å². The fourth-order valence-electron chi connectivity index (χ4n) is 2.74. The van der Waals surface area contributed by atoms with Crippen LogP contribution in [0.4, 0.5) is 0 Å². The maximum Gasteiger partial charge on any atom is 0.223 e. The largest absolute Gasteiger partial charge is 0.508 e. The molecule has 5 heteroatoms. The fraction of sp³-hybridized carbons (Fsp3) is 0.562. The first-order valence-corrected chi connectivity index (χ1v) is 7.85. The van der Waals surface area contributed by atoms with Gasteiger partial charge in [0, 0.05) is 11.0 Å². The second-order valence-electron chi connectivity index (χ2n) is 6.12. The second kappa shape index (κ2) is 6.89. The third-order valence-electron chi connectivity index (χ3n) is 4.39. The quantitative estimate of drug-likeness (QED) is 0.791. The van der Waals surface area contributed by atoms with Crippen molar-refractivity contribution in [1.82, 2.24) is 0 Å². The molecule has 3 nitrogen and oxygen atoms in total. The standard InChI is InChI=1S/C16H23Cl2NO2/c1-5-10(16(3,4)15(19)21)8-9(2)13-12(20)7-6-11(17)14(13)18/h6-7,9-10,20H,5,8H2,1-4H3,(H2,19,21)/t9-,10+/m1/s1. The summed E-state index contributed by atoms with van der Waals surface area (Å²) in [6.07, 6.45) is 1.51. The average molecular weight is 332 g/mol. The van der Waals surface area contributed by atoms with Gasteiger partial charge in [-0.15, -0.1) is 0 Å². The van der Waals surface area contributed by atoms with Crippen molar-refractivity contribution >= 4 is 29.1 Å². The van der Waals surface area contributed by atoms with E-state index in [9.17, 15) is 9.90 Å². The van der Waals surface area contributed by atoms with Gasteiger partial charge in [-0.25, -0.2) is 0 Å². The highest BCUT2D eigenvalue weighted by molar-refractivity contribution is 6.42. The Labute approximate surface area is 136 Å². The van der Waals surface area contributed by atoms with Crippen molar-refractivity contribution in [1.29, 1.82) is 0 Å². The molecule has 2 atom stereocenters. The summed E-state index contributed by atoms with van der Waals surface area (Å²) in [6.45, 7) is 7.71. The minimum absolute atomic E-state index is 0.0280. The van der Waals surface area contributed by atoms with Gasteiger partial charge in [-0.2, -0.15) is 0 Å². The lowest BCUT2D eigenvalue weighted by Crippen LogP contribution is -2.38. The summed E-state index contributed by atoms with van der Waals surface area (Å²) in [6, 6.07) is 3.11. The molecule has 21 heavy (non-hydrogen) atoms. The average Bonchev–Trinajstić information content (AvgIpc) is 2.40. The number of rotatable bonds is 6. The number of phenols is 1. The number of nitrogens with two attached hydrogens (primary N) is 1. The molecule has 1 rings (SSSR count). The Balaban J connectivity index is 3.08. The minimum atomic E-state index is -0.607. The van der Waals surface area contributed by atoms with E-state index in [0.29, 0.717) is 22.0 Å². The predicted octanol–water partition coefficient (Wildman–Crippen LogP) is 4.73. The summed E-state index contributed by atoms with van der Waals surface area (Å²) in [5, 5.41) is 10.8. The van der Waals surface area contributed by atoms with Gasteiger partial charge in [0.2, 0.25) is 5.91 Å². The van der Waals surface area contributed by atoms with Gasteiger partial charge in [0.25, 0.3) is 0 Å². The molecule has 0 saturated heterocycles. The maximum atomic E-state index is 11.7. The Morgan fingerprint density at radius 3 is 2.43 bits per heavy atom. The molecular weight excluding hydrogens is 309 g/mol. The SMILES string of the molecule is CC[C@@H](C[C@@H](C)c1c(O)ccc(Cl)c1Cl)C(C)(C)C(N)=O. The highest BCUT2D eigenvalue weighted by Gasteiger charge is 2.35.